The van der Waals surface area contributed by atoms with Crippen LogP contribution in [0.15, 0.2) is 38.6 Å². The fourth-order valence-electron chi connectivity index (χ4n) is 1.61. The highest BCUT2D eigenvalue weighted by atomic mass is 32.2. The lowest BCUT2D eigenvalue weighted by molar-refractivity contribution is 0.0570. The maximum absolute atomic E-state index is 12.1. The van der Waals surface area contributed by atoms with Crippen LogP contribution in [0.5, 0.6) is 0 Å². The second kappa shape index (κ2) is 5.41. The van der Waals surface area contributed by atoms with E-state index in [-0.39, 0.29) is 11.0 Å². The topological polar surface area (TPSA) is 116 Å². The molecule has 0 aliphatic heterocycles. The summed E-state index contributed by atoms with van der Waals surface area (Å²) in [5, 5.41) is 2.42. The number of amides is 1. The van der Waals surface area contributed by atoms with Gasteiger partial charge in [-0.2, -0.15) is 8.42 Å². The van der Waals surface area contributed by atoms with Gasteiger partial charge in [0.25, 0.3) is 15.0 Å². The number of sulfonamides is 1. The number of aromatic nitrogens is 1. The first-order chi connectivity index (χ1) is 10.1. The van der Waals surface area contributed by atoms with Crippen molar-refractivity contribution in [2.45, 2.75) is 31.4 Å². The van der Waals surface area contributed by atoms with E-state index >= 15 is 0 Å². The van der Waals surface area contributed by atoms with Crippen molar-refractivity contribution in [1.29, 1.82) is 0 Å². The molecule has 0 bridgehead atoms. The van der Waals surface area contributed by atoms with Gasteiger partial charge in [-0.25, -0.2) is 9.52 Å². The van der Waals surface area contributed by atoms with Gasteiger partial charge in [0.2, 0.25) is 5.43 Å². The summed E-state index contributed by atoms with van der Waals surface area (Å²) >= 11 is 0. The van der Waals surface area contributed by atoms with E-state index in [0.29, 0.717) is 0 Å². The van der Waals surface area contributed by atoms with Gasteiger partial charge < -0.3 is 9.26 Å². The molecular weight excluding hydrogens is 312 g/mol. The van der Waals surface area contributed by atoms with E-state index in [0.717, 1.165) is 0 Å². The van der Waals surface area contributed by atoms with E-state index in [9.17, 15) is 18.0 Å². The molecule has 118 valence electrons. The van der Waals surface area contributed by atoms with Crippen molar-refractivity contribution >= 4 is 27.1 Å². The van der Waals surface area contributed by atoms with Gasteiger partial charge in [0.15, 0.2) is 5.58 Å². The lowest BCUT2D eigenvalue weighted by atomic mass is 10.2. The third kappa shape index (κ3) is 3.42. The lowest BCUT2D eigenvalue weighted by Crippen LogP contribution is -2.38. The van der Waals surface area contributed by atoms with Gasteiger partial charge in [0.1, 0.15) is 5.60 Å². The summed E-state index contributed by atoms with van der Waals surface area (Å²) in [6.07, 6.45) is -1.21. The summed E-state index contributed by atoms with van der Waals surface area (Å²) in [6, 6.07) is 6.04. The molecule has 0 aliphatic carbocycles. The van der Waals surface area contributed by atoms with Crippen LogP contribution in [0.1, 0.15) is 20.8 Å². The van der Waals surface area contributed by atoms with Crippen LogP contribution in [0.25, 0.3) is 11.0 Å². The predicted octanol–water partition coefficient (Wildman–Crippen LogP) is 1.40. The highest BCUT2D eigenvalue weighted by Gasteiger charge is 2.28. The van der Waals surface area contributed by atoms with Crippen LogP contribution in [-0.2, 0) is 14.8 Å². The van der Waals surface area contributed by atoms with Crippen molar-refractivity contribution in [1.82, 2.24) is 9.88 Å². The molecule has 8 nitrogen and oxygen atoms in total. The number of para-hydroxylation sites is 1. The Balaban J connectivity index is 2.40. The van der Waals surface area contributed by atoms with Crippen LogP contribution in [0.3, 0.4) is 0 Å². The molecule has 9 heteroatoms. The average Bonchev–Trinajstić information content (AvgIpc) is 2.36. The summed E-state index contributed by atoms with van der Waals surface area (Å²) in [5.74, 6) is 0. The van der Waals surface area contributed by atoms with Crippen molar-refractivity contribution in [3.63, 3.8) is 0 Å². The average molecular weight is 326 g/mol. The molecule has 0 spiro atoms. The second-order valence-corrected chi connectivity index (χ2v) is 7.02. The maximum atomic E-state index is 12.1. The standard InChI is InChI=1S/C13H14N2O6S/c1-13(2,3)20-12(17)15-22(18,19)11-10(16)8-6-4-5-7-9(8)21-14-11/h4-7H,1-3H3,(H,15,17). The van der Waals surface area contributed by atoms with Gasteiger partial charge >= 0.3 is 6.09 Å². The van der Waals surface area contributed by atoms with Crippen molar-refractivity contribution in [3.8, 4) is 0 Å². The smallest absolute Gasteiger partial charge is 0.421 e. The third-order valence-corrected chi connectivity index (χ3v) is 3.63. The van der Waals surface area contributed by atoms with E-state index in [1.54, 1.807) is 37.6 Å². The Morgan fingerprint density at radius 3 is 2.55 bits per heavy atom. The van der Waals surface area contributed by atoms with E-state index < -0.39 is 32.2 Å². The minimum absolute atomic E-state index is 0.0436. The minimum atomic E-state index is -4.50. The number of rotatable bonds is 2. The highest BCUT2D eigenvalue weighted by molar-refractivity contribution is 7.90. The van der Waals surface area contributed by atoms with Crippen LogP contribution < -0.4 is 10.2 Å². The number of fused-ring (bicyclic) bond motifs is 1. The number of carbonyl (C=O) groups excluding carboxylic acids is 1. The number of hydrogen-bond donors (Lipinski definition) is 1. The van der Waals surface area contributed by atoms with Gasteiger partial charge in [-0.1, -0.05) is 17.3 Å². The number of nitrogens with one attached hydrogen (secondary N) is 1. The largest absolute Gasteiger partial charge is 0.443 e. The lowest BCUT2D eigenvalue weighted by Gasteiger charge is -2.19. The van der Waals surface area contributed by atoms with Gasteiger partial charge in [-0.3, -0.25) is 4.79 Å². The zero-order valence-electron chi connectivity index (χ0n) is 12.1. The molecule has 22 heavy (non-hydrogen) atoms. The predicted molar refractivity (Wildman–Crippen MR) is 76.8 cm³/mol. The Morgan fingerprint density at radius 1 is 1.27 bits per heavy atom. The molecule has 0 saturated carbocycles. The zero-order chi connectivity index (χ0) is 16.5. The zero-order valence-corrected chi connectivity index (χ0v) is 12.9. The molecule has 1 aromatic carbocycles. The number of carbonyl (C=O) groups is 1. The fourth-order valence-corrected chi connectivity index (χ4v) is 2.46. The molecule has 0 radical (unpaired) electrons. The van der Waals surface area contributed by atoms with E-state index in [1.165, 1.54) is 12.1 Å². The summed E-state index contributed by atoms with van der Waals surface area (Å²) in [6.45, 7) is 4.71. The number of nitrogens with zero attached hydrogens (tertiary/aromatic N) is 1. The number of ether oxygens (including phenoxy) is 1. The van der Waals surface area contributed by atoms with Crippen LogP contribution in [0.4, 0.5) is 4.79 Å². The molecule has 1 heterocycles. The minimum Gasteiger partial charge on any atom is -0.443 e. The molecule has 1 N–H and O–H groups in total. The first-order valence-electron chi connectivity index (χ1n) is 6.25. The molecule has 0 fully saturated rings. The Morgan fingerprint density at radius 2 is 1.91 bits per heavy atom. The second-order valence-electron chi connectivity index (χ2n) is 5.42. The number of benzene rings is 1. The molecule has 0 unspecified atom stereocenters. The Kier molecular flexibility index (Phi) is 3.92. The molecule has 2 aromatic rings. The van der Waals surface area contributed by atoms with Gasteiger partial charge in [-0.05, 0) is 32.9 Å². The van der Waals surface area contributed by atoms with Crippen LogP contribution in [0, 0.1) is 0 Å². The highest BCUT2D eigenvalue weighted by Crippen LogP contribution is 2.12. The van der Waals surface area contributed by atoms with Crippen molar-refractivity contribution in [2.75, 3.05) is 0 Å². The molecule has 0 saturated heterocycles. The van der Waals surface area contributed by atoms with Gasteiger partial charge in [-0.15, -0.1) is 0 Å². The fraction of sp³-hybridized carbons (Fsp3) is 0.308. The maximum Gasteiger partial charge on any atom is 0.421 e. The molecular formula is C13H14N2O6S. The van der Waals surface area contributed by atoms with Crippen LogP contribution in [0.2, 0.25) is 0 Å². The van der Waals surface area contributed by atoms with Crippen LogP contribution in [-0.4, -0.2) is 25.3 Å². The molecule has 0 aliphatic rings. The van der Waals surface area contributed by atoms with Crippen molar-refractivity contribution in [2.24, 2.45) is 0 Å². The molecule has 1 amide bonds. The first kappa shape index (κ1) is 16.0. The van der Waals surface area contributed by atoms with Crippen molar-refractivity contribution in [3.05, 3.63) is 34.5 Å². The van der Waals surface area contributed by atoms with Crippen molar-refractivity contribution < 1.29 is 22.5 Å². The van der Waals surface area contributed by atoms with E-state index in [4.69, 9.17) is 9.26 Å². The summed E-state index contributed by atoms with van der Waals surface area (Å²) in [5.41, 5.74) is -1.61. The first-order valence-corrected chi connectivity index (χ1v) is 7.73. The summed E-state index contributed by atoms with van der Waals surface area (Å²) < 4.78 is 35.4. The van der Waals surface area contributed by atoms with E-state index in [1.807, 2.05) is 0 Å². The summed E-state index contributed by atoms with van der Waals surface area (Å²) in [4.78, 5) is 23.7. The summed E-state index contributed by atoms with van der Waals surface area (Å²) in [7, 11) is -4.50. The number of hydrogen-bond acceptors (Lipinski definition) is 7. The quantitative estimate of drug-likeness (QED) is 0.886. The normalized spacial score (nSPS) is 12.1. The Labute approximate surface area is 126 Å². The van der Waals surface area contributed by atoms with Crippen LogP contribution >= 0.6 is 0 Å². The Bertz CT molecular complexity index is 879. The third-order valence-electron chi connectivity index (χ3n) is 2.42. The SMILES string of the molecule is CC(C)(C)OC(=O)NS(=O)(=O)c1noc2ccccc2c1=O. The molecule has 2 rings (SSSR count). The van der Waals surface area contributed by atoms with Gasteiger partial charge in [0, 0.05) is 0 Å². The monoisotopic (exact) mass is 326 g/mol. The molecule has 0 atom stereocenters. The Hall–Kier alpha value is -2.42. The van der Waals surface area contributed by atoms with Gasteiger partial charge in [0.05, 0.1) is 5.39 Å². The van der Waals surface area contributed by atoms with E-state index in [2.05, 4.69) is 5.16 Å². The molecule has 1 aromatic heterocycles.